The van der Waals surface area contributed by atoms with Gasteiger partial charge in [0.25, 0.3) is 5.56 Å². The van der Waals surface area contributed by atoms with E-state index < -0.39 is 21.3 Å². The second kappa shape index (κ2) is 5.39. The van der Waals surface area contributed by atoms with Gasteiger partial charge in [-0.3, -0.25) is 9.36 Å². The van der Waals surface area contributed by atoms with Gasteiger partial charge >= 0.3 is 5.69 Å². The molecule has 0 unspecified atom stereocenters. The fraction of sp³-hybridized carbons (Fsp3) is 0.667. The molecule has 1 aliphatic rings. The normalized spacial score (nSPS) is 24.2. The molecule has 0 radical (unpaired) electrons. The van der Waals surface area contributed by atoms with E-state index in [0.29, 0.717) is 13.1 Å². The lowest BCUT2D eigenvalue weighted by molar-refractivity contribution is 0.262. The zero-order chi connectivity index (χ0) is 15.9. The smallest absolute Gasteiger partial charge is 0.309 e. The maximum atomic E-state index is 12.7. The molecular formula is C12H20N4O4S. The van der Waals surface area contributed by atoms with E-state index in [4.69, 9.17) is 0 Å². The van der Waals surface area contributed by atoms with E-state index in [1.54, 1.807) is 0 Å². The Hall–Kier alpha value is -1.45. The molecule has 0 amide bonds. The van der Waals surface area contributed by atoms with Crippen LogP contribution < -0.4 is 16.6 Å². The van der Waals surface area contributed by atoms with Crippen LogP contribution in [0.25, 0.3) is 0 Å². The molecule has 21 heavy (non-hydrogen) atoms. The van der Waals surface area contributed by atoms with Gasteiger partial charge in [0, 0.05) is 45.5 Å². The van der Waals surface area contributed by atoms with Crippen LogP contribution in [-0.2, 0) is 24.1 Å². The highest BCUT2D eigenvalue weighted by Gasteiger charge is 2.33. The Morgan fingerprint density at radius 1 is 1.14 bits per heavy atom. The summed E-state index contributed by atoms with van der Waals surface area (Å²) in [5.74, 6) is 0. The van der Waals surface area contributed by atoms with Crippen LogP contribution in [0.3, 0.4) is 0 Å². The molecule has 1 aromatic rings. The Morgan fingerprint density at radius 3 is 2.19 bits per heavy atom. The van der Waals surface area contributed by atoms with Crippen LogP contribution in [0.1, 0.15) is 13.8 Å². The van der Waals surface area contributed by atoms with Crippen LogP contribution in [0, 0.1) is 0 Å². The monoisotopic (exact) mass is 316 g/mol. The molecule has 8 nitrogen and oxygen atoms in total. The summed E-state index contributed by atoms with van der Waals surface area (Å²) in [4.78, 5) is 23.4. The molecule has 2 rings (SSSR count). The first-order valence-corrected chi connectivity index (χ1v) is 8.11. The number of hydrogen-bond acceptors (Lipinski definition) is 5. The first-order valence-electron chi connectivity index (χ1n) is 6.67. The minimum absolute atomic E-state index is 0.0000845. The average molecular weight is 316 g/mol. The van der Waals surface area contributed by atoms with E-state index in [2.05, 4.69) is 5.32 Å². The van der Waals surface area contributed by atoms with Gasteiger partial charge in [0.05, 0.1) is 0 Å². The van der Waals surface area contributed by atoms with Crippen molar-refractivity contribution in [1.82, 2.24) is 18.8 Å². The summed E-state index contributed by atoms with van der Waals surface area (Å²) in [5.41, 5.74) is -1.35. The minimum atomic E-state index is -3.92. The van der Waals surface area contributed by atoms with Gasteiger partial charge in [0.2, 0.25) is 10.0 Å². The van der Waals surface area contributed by atoms with Crippen LogP contribution >= 0.6 is 0 Å². The van der Waals surface area contributed by atoms with Gasteiger partial charge in [0.1, 0.15) is 0 Å². The molecule has 1 aliphatic heterocycles. The molecule has 0 aromatic carbocycles. The number of aromatic nitrogens is 2. The third-order valence-electron chi connectivity index (χ3n) is 3.56. The molecule has 2 heterocycles. The Morgan fingerprint density at radius 2 is 1.67 bits per heavy atom. The SMILES string of the molecule is C[C@@H]1CN(S(=O)(=O)c2cn(C)c(=O)n(C)c2=O)C[C@@H](C)N1. The van der Waals surface area contributed by atoms with Crippen LogP contribution in [0.5, 0.6) is 0 Å². The lowest BCUT2D eigenvalue weighted by Gasteiger charge is -2.35. The summed E-state index contributed by atoms with van der Waals surface area (Å²) >= 11 is 0. The van der Waals surface area contributed by atoms with Gasteiger partial charge in [-0.1, -0.05) is 0 Å². The zero-order valence-electron chi connectivity index (χ0n) is 12.5. The second-order valence-corrected chi connectivity index (χ2v) is 7.45. The summed E-state index contributed by atoms with van der Waals surface area (Å²) in [5, 5.41) is 3.23. The van der Waals surface area contributed by atoms with E-state index >= 15 is 0 Å². The number of hydrogen-bond donors (Lipinski definition) is 1. The topological polar surface area (TPSA) is 93.4 Å². The molecular weight excluding hydrogens is 296 g/mol. The third-order valence-corrected chi connectivity index (χ3v) is 5.37. The molecule has 1 fully saturated rings. The van der Waals surface area contributed by atoms with E-state index in [-0.39, 0.29) is 17.0 Å². The highest BCUT2D eigenvalue weighted by molar-refractivity contribution is 7.89. The number of nitrogens with one attached hydrogen (secondary N) is 1. The molecule has 0 bridgehead atoms. The van der Waals surface area contributed by atoms with Gasteiger partial charge in [-0.25, -0.2) is 13.2 Å². The van der Waals surface area contributed by atoms with Crippen molar-refractivity contribution in [2.24, 2.45) is 14.1 Å². The fourth-order valence-electron chi connectivity index (χ4n) is 2.56. The minimum Gasteiger partial charge on any atom is -0.309 e. The maximum absolute atomic E-state index is 12.7. The number of sulfonamides is 1. The van der Waals surface area contributed by atoms with E-state index in [1.807, 2.05) is 13.8 Å². The summed E-state index contributed by atoms with van der Waals surface area (Å²) < 4.78 is 28.6. The van der Waals surface area contributed by atoms with Gasteiger partial charge < -0.3 is 9.88 Å². The summed E-state index contributed by atoms with van der Waals surface area (Å²) in [6, 6.07) is -0.000169. The van der Waals surface area contributed by atoms with Crippen molar-refractivity contribution in [1.29, 1.82) is 0 Å². The maximum Gasteiger partial charge on any atom is 0.330 e. The Labute approximate surface area is 123 Å². The molecule has 1 aromatic heterocycles. The summed E-state index contributed by atoms with van der Waals surface area (Å²) in [6.45, 7) is 4.35. The van der Waals surface area contributed by atoms with Crippen LogP contribution in [0.15, 0.2) is 20.7 Å². The van der Waals surface area contributed by atoms with E-state index in [0.717, 1.165) is 15.3 Å². The predicted octanol–water partition coefficient (Wildman–Crippen LogP) is -1.55. The molecule has 9 heteroatoms. The molecule has 0 aliphatic carbocycles. The zero-order valence-corrected chi connectivity index (χ0v) is 13.3. The van der Waals surface area contributed by atoms with Crippen molar-refractivity contribution in [2.75, 3.05) is 13.1 Å². The van der Waals surface area contributed by atoms with E-state index in [1.165, 1.54) is 18.4 Å². The summed E-state index contributed by atoms with van der Waals surface area (Å²) in [7, 11) is -1.23. The van der Waals surface area contributed by atoms with Gasteiger partial charge in [-0.15, -0.1) is 0 Å². The lowest BCUT2D eigenvalue weighted by Crippen LogP contribution is -2.56. The van der Waals surface area contributed by atoms with Crippen molar-refractivity contribution in [2.45, 2.75) is 30.8 Å². The fourth-order valence-corrected chi connectivity index (χ4v) is 4.33. The van der Waals surface area contributed by atoms with Crippen molar-refractivity contribution in [3.63, 3.8) is 0 Å². The van der Waals surface area contributed by atoms with Crippen LogP contribution in [0.4, 0.5) is 0 Å². The second-order valence-electron chi connectivity index (χ2n) is 5.54. The Balaban J connectivity index is 2.55. The third kappa shape index (κ3) is 2.81. The van der Waals surface area contributed by atoms with Crippen molar-refractivity contribution in [3.8, 4) is 0 Å². The number of rotatable bonds is 2. The summed E-state index contributed by atoms with van der Waals surface area (Å²) in [6.07, 6.45) is 1.09. The first-order chi connectivity index (χ1) is 9.64. The van der Waals surface area contributed by atoms with Crippen LogP contribution in [-0.4, -0.2) is 47.0 Å². The van der Waals surface area contributed by atoms with E-state index in [9.17, 15) is 18.0 Å². The molecule has 2 atom stereocenters. The van der Waals surface area contributed by atoms with Gasteiger partial charge in [-0.2, -0.15) is 4.31 Å². The van der Waals surface area contributed by atoms with Crippen LogP contribution in [0.2, 0.25) is 0 Å². The number of piperazine rings is 1. The lowest BCUT2D eigenvalue weighted by atomic mass is 10.2. The van der Waals surface area contributed by atoms with Crippen molar-refractivity contribution < 1.29 is 8.42 Å². The first kappa shape index (κ1) is 15.9. The highest BCUT2D eigenvalue weighted by Crippen LogP contribution is 2.15. The molecule has 0 spiro atoms. The molecule has 0 saturated carbocycles. The highest BCUT2D eigenvalue weighted by atomic mass is 32.2. The van der Waals surface area contributed by atoms with Gasteiger partial charge in [0.15, 0.2) is 4.90 Å². The van der Waals surface area contributed by atoms with Crippen molar-refractivity contribution >= 4 is 10.0 Å². The number of aryl methyl sites for hydroxylation is 1. The molecule has 118 valence electrons. The largest absolute Gasteiger partial charge is 0.330 e. The average Bonchev–Trinajstić information content (AvgIpc) is 2.39. The Bertz CT molecular complexity index is 754. The van der Waals surface area contributed by atoms with Crippen molar-refractivity contribution in [3.05, 3.63) is 27.0 Å². The van der Waals surface area contributed by atoms with Gasteiger partial charge in [-0.05, 0) is 13.8 Å². The predicted molar refractivity (Wildman–Crippen MR) is 77.7 cm³/mol. The molecule has 1 N–H and O–H groups in total. The number of nitrogens with zero attached hydrogens (tertiary/aromatic N) is 3. The molecule has 1 saturated heterocycles. The quantitative estimate of drug-likeness (QED) is 0.713. The Kier molecular flexibility index (Phi) is 4.09. The standard InChI is InChI=1S/C12H20N4O4S/c1-8-5-16(6-9(2)13-8)21(19,20)10-7-14(3)12(18)15(4)11(10)17/h7-9,13H,5-6H2,1-4H3/t8-,9-/m1/s1.